The molecule has 1 heterocycles. The minimum absolute atomic E-state index is 0.139. The van der Waals surface area contributed by atoms with Gasteiger partial charge in [0.1, 0.15) is 0 Å². The molecule has 1 aliphatic heterocycles. The summed E-state index contributed by atoms with van der Waals surface area (Å²) in [4.78, 5) is 14.4. The highest BCUT2D eigenvalue weighted by atomic mass is 35.5. The summed E-state index contributed by atoms with van der Waals surface area (Å²) in [6.07, 6.45) is 1.77. The normalized spacial score (nSPS) is 18.6. The van der Waals surface area contributed by atoms with Gasteiger partial charge in [-0.3, -0.25) is 0 Å². The van der Waals surface area contributed by atoms with Gasteiger partial charge < -0.3 is 15.3 Å². The highest BCUT2D eigenvalue weighted by Crippen LogP contribution is 2.24. The Hall–Kier alpha value is -2.04. The van der Waals surface area contributed by atoms with Crippen molar-refractivity contribution in [2.24, 2.45) is 0 Å². The first-order chi connectivity index (χ1) is 12.1. The molecule has 0 bridgehead atoms. The van der Waals surface area contributed by atoms with E-state index in [1.165, 1.54) is 0 Å². The van der Waals surface area contributed by atoms with Gasteiger partial charge in [-0.05, 0) is 36.5 Å². The number of hydrogen-bond acceptors (Lipinski definition) is 2. The Morgan fingerprint density at radius 1 is 1.20 bits per heavy atom. The van der Waals surface area contributed by atoms with E-state index in [1.807, 2.05) is 54.6 Å². The minimum Gasteiger partial charge on any atom is -0.391 e. The average molecular weight is 359 g/mol. The highest BCUT2D eigenvalue weighted by Gasteiger charge is 2.24. The molecule has 2 N–H and O–H groups in total. The number of nitrogens with zero attached hydrogens (tertiary/aromatic N) is 1. The lowest BCUT2D eigenvalue weighted by Gasteiger charge is -2.32. The molecular weight excluding hydrogens is 336 g/mol. The van der Waals surface area contributed by atoms with Gasteiger partial charge in [-0.15, -0.1) is 0 Å². The number of carbonyl (C=O) groups is 1. The molecule has 0 spiro atoms. The zero-order valence-corrected chi connectivity index (χ0v) is 14.8. The summed E-state index contributed by atoms with van der Waals surface area (Å²) < 4.78 is 0. The summed E-state index contributed by atoms with van der Waals surface area (Å²) in [5.74, 6) is 0. The first-order valence-electron chi connectivity index (χ1n) is 8.65. The van der Waals surface area contributed by atoms with Crippen LogP contribution in [0.15, 0.2) is 54.6 Å². The molecule has 3 rings (SSSR count). The molecule has 25 heavy (non-hydrogen) atoms. The van der Waals surface area contributed by atoms with E-state index in [9.17, 15) is 9.90 Å². The molecule has 2 amide bonds. The fourth-order valence-corrected chi connectivity index (χ4v) is 3.41. The average Bonchev–Trinajstić information content (AvgIpc) is 2.63. The van der Waals surface area contributed by atoms with E-state index in [-0.39, 0.29) is 12.1 Å². The molecule has 0 saturated carbocycles. The number of halogens is 1. The lowest BCUT2D eigenvalue weighted by Crippen LogP contribution is -2.48. The van der Waals surface area contributed by atoms with Gasteiger partial charge >= 0.3 is 6.03 Å². The molecule has 2 atom stereocenters. The zero-order valence-electron chi connectivity index (χ0n) is 14.1. The van der Waals surface area contributed by atoms with Gasteiger partial charge in [0.2, 0.25) is 0 Å². The number of aliphatic hydroxyl groups is 1. The minimum atomic E-state index is -0.432. The number of amides is 2. The first kappa shape index (κ1) is 17.8. The number of piperidine rings is 1. The van der Waals surface area contributed by atoms with Crippen molar-refractivity contribution in [3.05, 3.63) is 70.7 Å². The molecule has 4 nitrogen and oxygen atoms in total. The molecule has 132 valence electrons. The smallest absolute Gasteiger partial charge is 0.317 e. The number of carbonyl (C=O) groups excluding carboxylic acids is 1. The second-order valence-corrected chi connectivity index (χ2v) is 6.86. The third kappa shape index (κ3) is 4.74. The predicted molar refractivity (Wildman–Crippen MR) is 99.7 cm³/mol. The number of nitrogens with one attached hydrogen (secondary N) is 1. The van der Waals surface area contributed by atoms with E-state index in [0.29, 0.717) is 24.5 Å². The van der Waals surface area contributed by atoms with Crippen LogP contribution in [0.2, 0.25) is 5.02 Å². The van der Waals surface area contributed by atoms with Crippen molar-refractivity contribution >= 4 is 17.6 Å². The number of hydrogen-bond donors (Lipinski definition) is 2. The van der Waals surface area contributed by atoms with Gasteiger partial charge in [0.25, 0.3) is 0 Å². The Morgan fingerprint density at radius 2 is 1.92 bits per heavy atom. The van der Waals surface area contributed by atoms with E-state index >= 15 is 0 Å². The van der Waals surface area contributed by atoms with Crippen LogP contribution in [0, 0.1) is 0 Å². The lowest BCUT2D eigenvalue weighted by molar-refractivity contribution is 0.0833. The van der Waals surface area contributed by atoms with Gasteiger partial charge in [0, 0.05) is 18.1 Å². The van der Waals surface area contributed by atoms with Gasteiger partial charge in [-0.1, -0.05) is 60.1 Å². The van der Waals surface area contributed by atoms with Crippen LogP contribution < -0.4 is 5.32 Å². The summed E-state index contributed by atoms with van der Waals surface area (Å²) in [5.41, 5.74) is 2.03. The van der Waals surface area contributed by atoms with Crippen molar-refractivity contribution < 1.29 is 9.90 Å². The summed E-state index contributed by atoms with van der Waals surface area (Å²) in [6.45, 7) is 1.07. The molecular formula is C20H23ClN2O2. The summed E-state index contributed by atoms with van der Waals surface area (Å²) in [5, 5.41) is 13.6. The quantitative estimate of drug-likeness (QED) is 0.873. The Labute approximate surface area is 153 Å². The summed E-state index contributed by atoms with van der Waals surface area (Å²) in [6, 6.07) is 17.3. The number of rotatable bonds is 4. The van der Waals surface area contributed by atoms with Crippen molar-refractivity contribution in [2.45, 2.75) is 31.4 Å². The second-order valence-electron chi connectivity index (χ2n) is 6.45. The lowest BCUT2D eigenvalue weighted by atomic mass is 9.99. The van der Waals surface area contributed by atoms with Crippen LogP contribution in [0.3, 0.4) is 0 Å². The fourth-order valence-electron chi connectivity index (χ4n) is 3.20. The number of aliphatic hydroxyl groups excluding tert-OH is 1. The largest absolute Gasteiger partial charge is 0.391 e. The molecule has 0 aliphatic carbocycles. The number of urea groups is 1. The van der Waals surface area contributed by atoms with Gasteiger partial charge in [-0.2, -0.15) is 0 Å². The monoisotopic (exact) mass is 358 g/mol. The van der Waals surface area contributed by atoms with Crippen LogP contribution in [0.25, 0.3) is 0 Å². The van der Waals surface area contributed by atoms with E-state index in [1.54, 1.807) is 4.90 Å². The van der Waals surface area contributed by atoms with Crippen LogP contribution in [0.1, 0.15) is 30.0 Å². The van der Waals surface area contributed by atoms with Gasteiger partial charge in [0.15, 0.2) is 0 Å². The van der Waals surface area contributed by atoms with Crippen LogP contribution in [-0.4, -0.2) is 35.2 Å². The van der Waals surface area contributed by atoms with E-state index in [0.717, 1.165) is 24.0 Å². The molecule has 2 aromatic rings. The zero-order chi connectivity index (χ0) is 17.6. The molecule has 0 radical (unpaired) electrons. The molecule has 1 fully saturated rings. The number of benzene rings is 2. The maximum Gasteiger partial charge on any atom is 0.317 e. The third-order valence-electron chi connectivity index (χ3n) is 4.57. The fraction of sp³-hybridized carbons (Fsp3) is 0.350. The van der Waals surface area contributed by atoms with Gasteiger partial charge in [0.05, 0.1) is 12.1 Å². The van der Waals surface area contributed by atoms with Crippen molar-refractivity contribution in [3.63, 3.8) is 0 Å². The van der Waals surface area contributed by atoms with Crippen LogP contribution >= 0.6 is 11.6 Å². The van der Waals surface area contributed by atoms with Crippen molar-refractivity contribution in [2.75, 3.05) is 13.1 Å². The third-order valence-corrected chi connectivity index (χ3v) is 4.93. The molecule has 5 heteroatoms. The standard InChI is InChI=1S/C20H23ClN2O2/c21-18-11-5-4-9-16(18)13-19(15-7-2-1-3-8-15)22-20(25)23-12-6-10-17(24)14-23/h1-5,7-9,11,17,19,24H,6,10,12-14H2,(H,22,25)/t17-,19+/m1/s1. The van der Waals surface area contributed by atoms with Crippen molar-refractivity contribution in [1.82, 2.24) is 10.2 Å². The predicted octanol–water partition coefficient (Wildman–Crippen LogP) is 3.79. The Kier molecular flexibility index (Phi) is 5.95. The molecule has 1 aliphatic rings. The SMILES string of the molecule is O=C(N[C@@H](Cc1ccccc1Cl)c1ccccc1)N1CCC[C@@H](O)C1. The molecule has 0 aromatic heterocycles. The maximum absolute atomic E-state index is 12.7. The van der Waals surface area contributed by atoms with E-state index in [2.05, 4.69) is 5.32 Å². The van der Waals surface area contributed by atoms with E-state index in [4.69, 9.17) is 11.6 Å². The van der Waals surface area contributed by atoms with Gasteiger partial charge in [-0.25, -0.2) is 4.79 Å². The Bertz CT molecular complexity index is 708. The van der Waals surface area contributed by atoms with Crippen molar-refractivity contribution in [1.29, 1.82) is 0 Å². The molecule has 2 aromatic carbocycles. The summed E-state index contributed by atoms with van der Waals surface area (Å²) >= 11 is 6.30. The topological polar surface area (TPSA) is 52.6 Å². The molecule has 0 unspecified atom stereocenters. The number of likely N-dealkylation sites (tertiary alicyclic amines) is 1. The summed E-state index contributed by atoms with van der Waals surface area (Å²) in [7, 11) is 0. The first-order valence-corrected chi connectivity index (χ1v) is 9.03. The van der Waals surface area contributed by atoms with Crippen LogP contribution in [0.5, 0.6) is 0 Å². The molecule has 1 saturated heterocycles. The van der Waals surface area contributed by atoms with Crippen LogP contribution in [-0.2, 0) is 6.42 Å². The maximum atomic E-state index is 12.7. The second kappa shape index (κ2) is 8.37. The van der Waals surface area contributed by atoms with Crippen molar-refractivity contribution in [3.8, 4) is 0 Å². The Balaban J connectivity index is 1.77. The highest BCUT2D eigenvalue weighted by molar-refractivity contribution is 6.31. The number of β-amino-alcohol motifs (C(OH)–C–C–N with tert-alkyl or cyclic N) is 1. The van der Waals surface area contributed by atoms with Crippen LogP contribution in [0.4, 0.5) is 4.79 Å². The van der Waals surface area contributed by atoms with E-state index < -0.39 is 6.10 Å². The Morgan fingerprint density at radius 3 is 2.64 bits per heavy atom.